The molecule has 0 unspecified atom stereocenters. The highest BCUT2D eigenvalue weighted by molar-refractivity contribution is 5.71. The highest BCUT2D eigenvalue weighted by atomic mass is 16.6. The van der Waals surface area contributed by atoms with Gasteiger partial charge in [-0.05, 0) is 32.1 Å². The number of nitrogens with one attached hydrogen (secondary N) is 1. The molecule has 0 spiro atoms. The molecule has 0 bridgehead atoms. The number of rotatable bonds is 3. The van der Waals surface area contributed by atoms with Gasteiger partial charge < -0.3 is 14.6 Å². The predicted molar refractivity (Wildman–Crippen MR) is 62.0 cm³/mol. The minimum Gasteiger partial charge on any atom is -0.447 e. The van der Waals surface area contributed by atoms with Gasteiger partial charge in [0.05, 0.1) is 5.54 Å². The quantitative estimate of drug-likeness (QED) is 0.846. The van der Waals surface area contributed by atoms with Crippen molar-refractivity contribution < 1.29 is 9.53 Å². The van der Waals surface area contributed by atoms with Gasteiger partial charge in [-0.3, -0.25) is 0 Å². The fourth-order valence-electron chi connectivity index (χ4n) is 1.75. The second-order valence-electron chi connectivity index (χ2n) is 4.17. The Kier molecular flexibility index (Phi) is 2.73. The molecule has 4 nitrogen and oxygen atoms in total. The van der Waals surface area contributed by atoms with Gasteiger partial charge in [0.15, 0.2) is 0 Å². The van der Waals surface area contributed by atoms with Crippen LogP contribution in [0.4, 0.5) is 4.79 Å². The molecule has 1 aliphatic rings. The summed E-state index contributed by atoms with van der Waals surface area (Å²) in [6.45, 7) is 5.36. The SMILES string of the molecule is CCn1cccc1/C=C/[C@]1(C)COC(=O)N1. The number of aryl methyl sites for hydroxylation is 1. The van der Waals surface area contributed by atoms with E-state index in [0.29, 0.717) is 6.61 Å². The zero-order valence-electron chi connectivity index (χ0n) is 9.56. The zero-order valence-corrected chi connectivity index (χ0v) is 9.56. The minimum absolute atomic E-state index is 0.349. The summed E-state index contributed by atoms with van der Waals surface area (Å²) in [4.78, 5) is 11.0. The molecule has 86 valence electrons. The van der Waals surface area contributed by atoms with Crippen LogP contribution in [0.15, 0.2) is 24.4 Å². The molecule has 1 N–H and O–H groups in total. The Morgan fingerprint density at radius 3 is 3.12 bits per heavy atom. The first-order valence-corrected chi connectivity index (χ1v) is 5.42. The number of ether oxygens (including phenoxy) is 1. The van der Waals surface area contributed by atoms with Gasteiger partial charge >= 0.3 is 6.09 Å². The molecular weight excluding hydrogens is 204 g/mol. The summed E-state index contributed by atoms with van der Waals surface area (Å²) >= 11 is 0. The number of alkyl carbamates (subject to hydrolysis) is 1. The highest BCUT2D eigenvalue weighted by Crippen LogP contribution is 2.16. The highest BCUT2D eigenvalue weighted by Gasteiger charge is 2.32. The maximum atomic E-state index is 11.0. The average molecular weight is 220 g/mol. The largest absolute Gasteiger partial charge is 0.447 e. The number of cyclic esters (lactones) is 1. The van der Waals surface area contributed by atoms with Crippen molar-refractivity contribution in [3.8, 4) is 0 Å². The van der Waals surface area contributed by atoms with E-state index in [1.54, 1.807) is 0 Å². The molecule has 0 radical (unpaired) electrons. The van der Waals surface area contributed by atoms with Gasteiger partial charge in [-0.2, -0.15) is 0 Å². The van der Waals surface area contributed by atoms with E-state index in [2.05, 4.69) is 16.8 Å². The lowest BCUT2D eigenvalue weighted by Crippen LogP contribution is -2.37. The number of nitrogens with zero attached hydrogens (tertiary/aromatic N) is 1. The van der Waals surface area contributed by atoms with E-state index < -0.39 is 0 Å². The maximum absolute atomic E-state index is 11.0. The summed E-state index contributed by atoms with van der Waals surface area (Å²) in [6.07, 6.45) is 5.67. The Morgan fingerprint density at radius 2 is 2.50 bits per heavy atom. The van der Waals surface area contributed by atoms with Crippen LogP contribution < -0.4 is 5.32 Å². The molecule has 4 heteroatoms. The molecule has 16 heavy (non-hydrogen) atoms. The van der Waals surface area contributed by atoms with Gasteiger partial charge in [0.2, 0.25) is 0 Å². The monoisotopic (exact) mass is 220 g/mol. The molecule has 1 aromatic rings. The maximum Gasteiger partial charge on any atom is 0.408 e. The molecule has 2 heterocycles. The lowest BCUT2D eigenvalue weighted by Gasteiger charge is -2.15. The summed E-state index contributed by atoms with van der Waals surface area (Å²) in [7, 11) is 0. The second kappa shape index (κ2) is 4.04. The van der Waals surface area contributed by atoms with E-state index in [1.165, 1.54) is 0 Å². The van der Waals surface area contributed by atoms with E-state index in [0.717, 1.165) is 12.2 Å². The Morgan fingerprint density at radius 1 is 1.69 bits per heavy atom. The van der Waals surface area contributed by atoms with Crippen molar-refractivity contribution in [1.29, 1.82) is 0 Å². The van der Waals surface area contributed by atoms with Crippen LogP contribution in [0.25, 0.3) is 6.08 Å². The van der Waals surface area contributed by atoms with Crippen LogP contribution in [0.1, 0.15) is 19.5 Å². The number of aromatic nitrogens is 1. The first-order chi connectivity index (χ1) is 7.63. The minimum atomic E-state index is -0.389. The Labute approximate surface area is 94.9 Å². The molecular formula is C12H16N2O2. The van der Waals surface area contributed by atoms with Crippen molar-refractivity contribution in [1.82, 2.24) is 9.88 Å². The predicted octanol–water partition coefficient (Wildman–Crippen LogP) is 2.02. The van der Waals surface area contributed by atoms with E-state index in [-0.39, 0.29) is 11.6 Å². The average Bonchev–Trinajstić information content (AvgIpc) is 2.83. The third-order valence-electron chi connectivity index (χ3n) is 2.72. The molecule has 1 saturated heterocycles. The fourth-order valence-corrected chi connectivity index (χ4v) is 1.75. The van der Waals surface area contributed by atoms with Gasteiger partial charge in [-0.1, -0.05) is 6.08 Å². The van der Waals surface area contributed by atoms with Crippen LogP contribution in [-0.2, 0) is 11.3 Å². The molecule has 0 aliphatic carbocycles. The summed E-state index contributed by atoms with van der Waals surface area (Å²) in [5.74, 6) is 0. The van der Waals surface area contributed by atoms with E-state index in [4.69, 9.17) is 4.74 Å². The molecule has 0 aromatic carbocycles. The van der Waals surface area contributed by atoms with Crippen LogP contribution in [0.3, 0.4) is 0 Å². The number of carbonyl (C=O) groups is 1. The van der Waals surface area contributed by atoms with E-state index >= 15 is 0 Å². The molecule has 1 fully saturated rings. The first-order valence-electron chi connectivity index (χ1n) is 5.42. The van der Waals surface area contributed by atoms with Crippen LogP contribution in [0.5, 0.6) is 0 Å². The summed E-state index contributed by atoms with van der Waals surface area (Å²) in [5.41, 5.74) is 0.741. The normalized spacial score (nSPS) is 24.8. The third kappa shape index (κ3) is 2.10. The van der Waals surface area contributed by atoms with Crippen molar-refractivity contribution in [2.24, 2.45) is 0 Å². The van der Waals surface area contributed by atoms with Crippen molar-refractivity contribution in [2.45, 2.75) is 25.9 Å². The van der Waals surface area contributed by atoms with Crippen molar-refractivity contribution in [3.63, 3.8) is 0 Å². The van der Waals surface area contributed by atoms with Gasteiger partial charge in [0.25, 0.3) is 0 Å². The number of hydrogen-bond donors (Lipinski definition) is 1. The van der Waals surface area contributed by atoms with Crippen molar-refractivity contribution in [3.05, 3.63) is 30.1 Å². The molecule has 1 aliphatic heterocycles. The second-order valence-corrected chi connectivity index (χ2v) is 4.17. The van der Waals surface area contributed by atoms with Gasteiger partial charge in [-0.25, -0.2) is 4.79 Å². The topological polar surface area (TPSA) is 43.3 Å². The lowest BCUT2D eigenvalue weighted by molar-refractivity contribution is 0.175. The first kappa shape index (κ1) is 10.8. The van der Waals surface area contributed by atoms with Crippen molar-refractivity contribution >= 4 is 12.2 Å². The van der Waals surface area contributed by atoms with E-state index in [9.17, 15) is 4.79 Å². The molecule has 2 rings (SSSR count). The lowest BCUT2D eigenvalue weighted by atomic mass is 10.0. The van der Waals surface area contributed by atoms with Crippen LogP contribution in [0, 0.1) is 0 Å². The number of hydrogen-bond acceptors (Lipinski definition) is 2. The van der Waals surface area contributed by atoms with Gasteiger partial charge in [0.1, 0.15) is 6.61 Å². The van der Waals surface area contributed by atoms with E-state index in [1.807, 2.05) is 37.4 Å². The van der Waals surface area contributed by atoms with Crippen LogP contribution >= 0.6 is 0 Å². The van der Waals surface area contributed by atoms with Gasteiger partial charge in [-0.15, -0.1) is 0 Å². The summed E-state index contributed by atoms with van der Waals surface area (Å²) in [5, 5.41) is 2.77. The fraction of sp³-hybridized carbons (Fsp3) is 0.417. The van der Waals surface area contributed by atoms with Crippen LogP contribution in [0.2, 0.25) is 0 Å². The third-order valence-corrected chi connectivity index (χ3v) is 2.72. The standard InChI is InChI=1S/C12H16N2O2/c1-3-14-8-4-5-10(14)6-7-12(2)9-16-11(15)13-12/h4-8H,3,9H2,1-2H3,(H,13,15)/b7-6+/t12-/m1/s1. The van der Waals surface area contributed by atoms with Gasteiger partial charge in [0, 0.05) is 18.4 Å². The van der Waals surface area contributed by atoms with Crippen LogP contribution in [-0.4, -0.2) is 22.8 Å². The van der Waals surface area contributed by atoms with Crippen molar-refractivity contribution in [2.75, 3.05) is 6.61 Å². The number of carbonyl (C=O) groups excluding carboxylic acids is 1. The molecule has 0 saturated carbocycles. The Balaban J connectivity index is 2.12. The zero-order chi connectivity index (χ0) is 11.6. The molecule has 1 aromatic heterocycles. The summed E-state index contributed by atoms with van der Waals surface area (Å²) < 4.78 is 7.02. The summed E-state index contributed by atoms with van der Waals surface area (Å²) in [6, 6.07) is 4.05. The Hall–Kier alpha value is -1.71. The number of amides is 1. The molecule has 1 atom stereocenters. The Bertz CT molecular complexity index is 422. The smallest absolute Gasteiger partial charge is 0.408 e. The molecule has 1 amide bonds.